The van der Waals surface area contributed by atoms with E-state index in [1.54, 1.807) is 6.08 Å². The van der Waals surface area contributed by atoms with Gasteiger partial charge in [-0.25, -0.2) is 0 Å². The molecule has 0 aromatic rings. The SMILES string of the molecule is CC1=CC(=O)C2C(C=O)=CCC3C(C(C)C4C=CC(C)(C)O4)CCC3(C)CC12. The fraction of sp³-hybridized carbons (Fsp3) is 0.680. The zero-order valence-electron chi connectivity index (χ0n) is 17.9. The molecule has 0 bridgehead atoms. The van der Waals surface area contributed by atoms with Gasteiger partial charge in [0, 0.05) is 0 Å². The van der Waals surface area contributed by atoms with Crippen LogP contribution in [0.4, 0.5) is 0 Å². The molecule has 3 heteroatoms. The Morgan fingerprint density at radius 3 is 2.68 bits per heavy atom. The molecule has 3 nitrogen and oxygen atoms in total. The van der Waals surface area contributed by atoms with Crippen LogP contribution in [0.3, 0.4) is 0 Å². The summed E-state index contributed by atoms with van der Waals surface area (Å²) < 4.78 is 6.30. The molecule has 0 N–H and O–H groups in total. The number of carbonyl (C=O) groups is 2. The minimum atomic E-state index is -0.242. The lowest BCUT2D eigenvalue weighted by Crippen LogP contribution is -2.37. The highest BCUT2D eigenvalue weighted by molar-refractivity contribution is 6.01. The first-order valence-electron chi connectivity index (χ1n) is 10.9. The molecule has 1 saturated carbocycles. The van der Waals surface area contributed by atoms with Crippen molar-refractivity contribution in [1.82, 2.24) is 0 Å². The van der Waals surface area contributed by atoms with E-state index in [1.807, 2.05) is 0 Å². The molecule has 7 atom stereocenters. The van der Waals surface area contributed by atoms with Gasteiger partial charge in [-0.3, -0.25) is 9.59 Å². The lowest BCUT2D eigenvalue weighted by atomic mass is 9.63. The molecule has 1 aliphatic heterocycles. The van der Waals surface area contributed by atoms with Gasteiger partial charge in [0.25, 0.3) is 0 Å². The molecule has 0 saturated heterocycles. The second kappa shape index (κ2) is 6.79. The summed E-state index contributed by atoms with van der Waals surface area (Å²) in [6, 6.07) is 0. The first-order valence-corrected chi connectivity index (χ1v) is 10.9. The molecule has 0 amide bonds. The van der Waals surface area contributed by atoms with E-state index in [0.29, 0.717) is 23.3 Å². The van der Waals surface area contributed by atoms with Crippen LogP contribution in [-0.2, 0) is 14.3 Å². The first kappa shape index (κ1) is 19.8. The number of rotatable bonds is 3. The van der Waals surface area contributed by atoms with Gasteiger partial charge in [-0.2, -0.15) is 0 Å². The highest BCUT2D eigenvalue weighted by Crippen LogP contribution is 2.58. The van der Waals surface area contributed by atoms with Gasteiger partial charge in [0.15, 0.2) is 5.78 Å². The number of ether oxygens (including phenoxy) is 1. The van der Waals surface area contributed by atoms with Crippen molar-refractivity contribution in [3.8, 4) is 0 Å². The van der Waals surface area contributed by atoms with Crippen molar-refractivity contribution in [3.05, 3.63) is 35.5 Å². The lowest BCUT2D eigenvalue weighted by molar-refractivity contribution is -0.119. The minimum Gasteiger partial charge on any atom is -0.364 e. The molecule has 0 aromatic heterocycles. The van der Waals surface area contributed by atoms with Crippen LogP contribution in [0.2, 0.25) is 0 Å². The molecular formula is C25H34O3. The fourth-order valence-corrected chi connectivity index (χ4v) is 6.60. The summed E-state index contributed by atoms with van der Waals surface area (Å²) >= 11 is 0. The van der Waals surface area contributed by atoms with Gasteiger partial charge in [-0.05, 0) is 87.2 Å². The van der Waals surface area contributed by atoms with Gasteiger partial charge >= 0.3 is 0 Å². The number of carbonyl (C=O) groups excluding carboxylic acids is 2. The lowest BCUT2D eigenvalue weighted by Gasteiger charge is -2.41. The molecule has 0 radical (unpaired) electrons. The van der Waals surface area contributed by atoms with E-state index in [2.05, 4.69) is 52.8 Å². The maximum Gasteiger partial charge on any atom is 0.163 e. The Morgan fingerprint density at radius 2 is 2.04 bits per heavy atom. The van der Waals surface area contributed by atoms with Gasteiger partial charge in [0.05, 0.1) is 17.6 Å². The molecule has 0 aromatic carbocycles. The van der Waals surface area contributed by atoms with Gasteiger partial charge in [0.1, 0.15) is 6.29 Å². The van der Waals surface area contributed by atoms with Crippen molar-refractivity contribution in [3.63, 3.8) is 0 Å². The van der Waals surface area contributed by atoms with Crippen LogP contribution in [-0.4, -0.2) is 23.8 Å². The maximum absolute atomic E-state index is 12.6. The fourth-order valence-electron chi connectivity index (χ4n) is 6.60. The van der Waals surface area contributed by atoms with Gasteiger partial charge < -0.3 is 4.74 Å². The Bertz CT molecular complexity index is 771. The summed E-state index contributed by atoms with van der Waals surface area (Å²) in [7, 11) is 0. The summed E-state index contributed by atoms with van der Waals surface area (Å²) in [5.74, 6) is 1.63. The molecule has 28 heavy (non-hydrogen) atoms. The number of aldehydes is 1. The Balaban J connectivity index is 1.63. The summed E-state index contributed by atoms with van der Waals surface area (Å²) in [5, 5.41) is 0. The molecular weight excluding hydrogens is 348 g/mol. The van der Waals surface area contributed by atoms with Crippen molar-refractivity contribution in [2.24, 2.45) is 35.0 Å². The van der Waals surface area contributed by atoms with E-state index in [0.717, 1.165) is 24.7 Å². The molecule has 3 aliphatic carbocycles. The Labute approximate surface area is 169 Å². The van der Waals surface area contributed by atoms with Crippen molar-refractivity contribution < 1.29 is 14.3 Å². The largest absolute Gasteiger partial charge is 0.364 e. The second-order valence-electron chi connectivity index (χ2n) is 10.5. The molecule has 4 aliphatic rings. The van der Waals surface area contributed by atoms with Crippen LogP contribution in [0, 0.1) is 35.0 Å². The molecule has 4 rings (SSSR count). The highest BCUT2D eigenvalue weighted by Gasteiger charge is 2.52. The smallest absolute Gasteiger partial charge is 0.163 e. The summed E-state index contributed by atoms with van der Waals surface area (Å²) in [5.41, 5.74) is 1.90. The van der Waals surface area contributed by atoms with Crippen LogP contribution < -0.4 is 0 Å². The molecule has 1 heterocycles. The Hall–Kier alpha value is -1.48. The average molecular weight is 383 g/mol. The third-order valence-electron chi connectivity index (χ3n) is 8.23. The second-order valence-corrected chi connectivity index (χ2v) is 10.5. The summed E-state index contributed by atoms with van der Waals surface area (Å²) in [4.78, 5) is 24.4. The van der Waals surface area contributed by atoms with Crippen LogP contribution in [0.15, 0.2) is 35.5 Å². The van der Waals surface area contributed by atoms with Gasteiger partial charge in [0.2, 0.25) is 0 Å². The third-order valence-corrected chi connectivity index (χ3v) is 8.23. The summed E-state index contributed by atoms with van der Waals surface area (Å²) in [6.45, 7) is 11.1. The average Bonchev–Trinajstić information content (AvgIpc) is 3.22. The number of allylic oxidation sites excluding steroid dienone is 4. The van der Waals surface area contributed by atoms with E-state index in [4.69, 9.17) is 4.74 Å². The number of ketones is 1. The van der Waals surface area contributed by atoms with E-state index < -0.39 is 0 Å². The quantitative estimate of drug-likeness (QED) is 0.506. The topological polar surface area (TPSA) is 43.4 Å². The van der Waals surface area contributed by atoms with E-state index >= 15 is 0 Å². The van der Waals surface area contributed by atoms with Crippen LogP contribution >= 0.6 is 0 Å². The summed E-state index contributed by atoms with van der Waals surface area (Å²) in [6.07, 6.45) is 13.7. The third kappa shape index (κ3) is 3.16. The zero-order valence-corrected chi connectivity index (χ0v) is 17.9. The van der Waals surface area contributed by atoms with Gasteiger partial charge in [-0.15, -0.1) is 0 Å². The number of fused-ring (bicyclic) bond motifs is 2. The Morgan fingerprint density at radius 1 is 1.29 bits per heavy atom. The highest BCUT2D eigenvalue weighted by atomic mass is 16.5. The number of hydrogen-bond donors (Lipinski definition) is 0. The molecule has 0 spiro atoms. The predicted octanol–water partition coefficient (Wildman–Crippen LogP) is 5.07. The molecule has 152 valence electrons. The van der Waals surface area contributed by atoms with Crippen molar-refractivity contribution in [1.29, 1.82) is 0 Å². The van der Waals surface area contributed by atoms with Crippen LogP contribution in [0.25, 0.3) is 0 Å². The first-order chi connectivity index (χ1) is 13.1. The van der Waals surface area contributed by atoms with Crippen LogP contribution in [0.1, 0.15) is 60.3 Å². The zero-order chi connectivity index (χ0) is 20.3. The Kier molecular flexibility index (Phi) is 4.81. The van der Waals surface area contributed by atoms with Gasteiger partial charge in [-0.1, -0.05) is 37.6 Å². The normalized spacial score (nSPS) is 42.9. The maximum atomic E-state index is 12.6. The van der Waals surface area contributed by atoms with Crippen molar-refractivity contribution in [2.45, 2.75) is 72.0 Å². The predicted molar refractivity (Wildman–Crippen MR) is 111 cm³/mol. The van der Waals surface area contributed by atoms with Crippen molar-refractivity contribution in [2.75, 3.05) is 0 Å². The molecule has 7 unspecified atom stereocenters. The monoisotopic (exact) mass is 382 g/mol. The van der Waals surface area contributed by atoms with E-state index in [-0.39, 0.29) is 34.7 Å². The van der Waals surface area contributed by atoms with Crippen molar-refractivity contribution >= 4 is 12.1 Å². The number of hydrogen-bond acceptors (Lipinski definition) is 3. The van der Waals surface area contributed by atoms with E-state index in [9.17, 15) is 9.59 Å². The minimum absolute atomic E-state index is 0.123. The van der Waals surface area contributed by atoms with Crippen LogP contribution in [0.5, 0.6) is 0 Å². The van der Waals surface area contributed by atoms with E-state index in [1.165, 1.54) is 12.8 Å². The molecule has 1 fully saturated rings. The standard InChI is InChI=1S/C25H34O3/c1-15-12-21(27)23-17(14-26)6-7-20-18(8-11-25(20,5)13-19(15)23)16(2)22-9-10-24(3,4)28-22/h6,9-10,12,14,16,18-20,22-23H,7-8,11,13H2,1-5H3.